The van der Waals surface area contributed by atoms with E-state index in [-0.39, 0.29) is 17.1 Å². The number of nitro groups is 1. The lowest BCUT2D eigenvalue weighted by molar-refractivity contribution is -0.384. The maximum atomic E-state index is 11.4. The van der Waals surface area contributed by atoms with Gasteiger partial charge in [-0.2, -0.15) is 8.75 Å². The summed E-state index contributed by atoms with van der Waals surface area (Å²) in [5, 5.41) is 10.4. The van der Waals surface area contributed by atoms with Gasteiger partial charge in [0, 0.05) is 12.1 Å². The Bertz CT molecular complexity index is 538. The molecular weight excluding hydrogens is 246 g/mol. The third kappa shape index (κ3) is 2.61. The second-order valence-electron chi connectivity index (χ2n) is 2.93. The standard InChI is InChI=1S/C9H5N3O4S/c13-9(8-5-10-17-11-8)16-7-3-1-6(2-4-7)12(14)15/h1-5H. The zero-order valence-electron chi connectivity index (χ0n) is 8.27. The van der Waals surface area contributed by atoms with Gasteiger partial charge < -0.3 is 4.74 Å². The fourth-order valence-corrected chi connectivity index (χ4v) is 1.45. The molecule has 17 heavy (non-hydrogen) atoms. The lowest BCUT2D eigenvalue weighted by Crippen LogP contribution is -2.08. The Hall–Kier alpha value is -2.35. The summed E-state index contributed by atoms with van der Waals surface area (Å²) in [4.78, 5) is 21.3. The molecule has 8 heteroatoms. The number of rotatable bonds is 3. The van der Waals surface area contributed by atoms with Gasteiger partial charge in [-0.1, -0.05) is 0 Å². The smallest absolute Gasteiger partial charge is 0.365 e. The number of carbonyl (C=O) groups is 1. The summed E-state index contributed by atoms with van der Waals surface area (Å²) in [5.74, 6) is -0.429. The van der Waals surface area contributed by atoms with Crippen LogP contribution in [-0.2, 0) is 0 Å². The molecule has 1 aromatic carbocycles. The number of hydrogen-bond donors (Lipinski definition) is 0. The predicted octanol–water partition coefficient (Wildman–Crippen LogP) is 1.67. The second kappa shape index (κ2) is 4.66. The number of aromatic nitrogens is 2. The maximum absolute atomic E-state index is 11.4. The Morgan fingerprint density at radius 3 is 2.59 bits per heavy atom. The highest BCUT2D eigenvalue weighted by Crippen LogP contribution is 2.18. The van der Waals surface area contributed by atoms with Crippen molar-refractivity contribution in [3.63, 3.8) is 0 Å². The minimum Gasteiger partial charge on any atom is -0.422 e. The van der Waals surface area contributed by atoms with E-state index in [1.807, 2.05) is 0 Å². The van der Waals surface area contributed by atoms with Crippen LogP contribution in [-0.4, -0.2) is 19.6 Å². The number of ether oxygens (including phenoxy) is 1. The number of benzene rings is 1. The van der Waals surface area contributed by atoms with Gasteiger partial charge in [-0.25, -0.2) is 4.79 Å². The van der Waals surface area contributed by atoms with Crippen LogP contribution in [0.2, 0.25) is 0 Å². The van der Waals surface area contributed by atoms with E-state index in [1.165, 1.54) is 30.5 Å². The summed E-state index contributed by atoms with van der Waals surface area (Å²) in [5.41, 5.74) is 0.0356. The monoisotopic (exact) mass is 251 g/mol. The number of nitro benzene ring substituents is 1. The molecule has 0 atom stereocenters. The third-order valence-electron chi connectivity index (χ3n) is 1.83. The van der Waals surface area contributed by atoms with Crippen LogP contribution < -0.4 is 4.74 Å². The number of carbonyl (C=O) groups excluding carboxylic acids is 1. The van der Waals surface area contributed by atoms with Crippen LogP contribution in [0, 0.1) is 10.1 Å². The molecule has 7 nitrogen and oxygen atoms in total. The molecule has 0 aliphatic heterocycles. The molecule has 0 fully saturated rings. The molecule has 0 N–H and O–H groups in total. The lowest BCUT2D eigenvalue weighted by atomic mass is 10.3. The van der Waals surface area contributed by atoms with E-state index in [9.17, 15) is 14.9 Å². The van der Waals surface area contributed by atoms with Gasteiger partial charge in [-0.05, 0) is 12.1 Å². The Morgan fingerprint density at radius 2 is 2.06 bits per heavy atom. The van der Waals surface area contributed by atoms with Crippen LogP contribution in [0.5, 0.6) is 5.75 Å². The van der Waals surface area contributed by atoms with Crippen molar-refractivity contribution in [2.24, 2.45) is 0 Å². The highest BCUT2D eigenvalue weighted by Gasteiger charge is 2.12. The van der Waals surface area contributed by atoms with Crippen LogP contribution in [0.3, 0.4) is 0 Å². The van der Waals surface area contributed by atoms with Crippen LogP contribution in [0.1, 0.15) is 10.5 Å². The molecule has 0 saturated carbocycles. The first-order valence-corrected chi connectivity index (χ1v) is 5.14. The molecule has 0 aliphatic carbocycles. The first-order chi connectivity index (χ1) is 8.16. The van der Waals surface area contributed by atoms with Gasteiger partial charge in [0.1, 0.15) is 5.75 Å². The first-order valence-electron chi connectivity index (χ1n) is 4.41. The summed E-state index contributed by atoms with van der Waals surface area (Å²) in [6, 6.07) is 5.19. The Kier molecular flexibility index (Phi) is 3.06. The quantitative estimate of drug-likeness (QED) is 0.356. The Labute approximate surface area is 99.1 Å². The minimum absolute atomic E-state index is 0.0693. The van der Waals surface area contributed by atoms with Crippen LogP contribution in [0.15, 0.2) is 30.5 Å². The number of esters is 1. The van der Waals surface area contributed by atoms with Gasteiger partial charge in [0.05, 0.1) is 22.8 Å². The van der Waals surface area contributed by atoms with Crippen molar-refractivity contribution in [3.05, 3.63) is 46.3 Å². The first kappa shape index (κ1) is 11.1. The van der Waals surface area contributed by atoms with E-state index in [2.05, 4.69) is 8.75 Å². The summed E-state index contributed by atoms with van der Waals surface area (Å²) >= 11 is 0.895. The zero-order valence-corrected chi connectivity index (χ0v) is 9.09. The molecule has 1 heterocycles. The van der Waals surface area contributed by atoms with Crippen LogP contribution >= 0.6 is 11.7 Å². The fraction of sp³-hybridized carbons (Fsp3) is 0. The van der Waals surface area contributed by atoms with Crippen LogP contribution in [0.25, 0.3) is 0 Å². The zero-order chi connectivity index (χ0) is 12.3. The van der Waals surface area contributed by atoms with Gasteiger partial charge in [-0.3, -0.25) is 10.1 Å². The van der Waals surface area contributed by atoms with Gasteiger partial charge in [-0.15, -0.1) is 0 Å². The fourth-order valence-electron chi connectivity index (χ4n) is 1.05. The molecule has 0 amide bonds. The largest absolute Gasteiger partial charge is 0.422 e. The summed E-state index contributed by atoms with van der Waals surface area (Å²) in [6.07, 6.45) is 1.29. The molecule has 2 rings (SSSR count). The van der Waals surface area contributed by atoms with Crippen molar-refractivity contribution in [1.29, 1.82) is 0 Å². The molecule has 1 aromatic heterocycles. The van der Waals surface area contributed by atoms with E-state index in [0.717, 1.165) is 11.7 Å². The molecule has 0 saturated heterocycles. The Balaban J connectivity index is 2.09. The van der Waals surface area contributed by atoms with Crippen molar-refractivity contribution in [2.75, 3.05) is 0 Å². The van der Waals surface area contributed by atoms with E-state index in [4.69, 9.17) is 4.74 Å². The van der Waals surface area contributed by atoms with E-state index >= 15 is 0 Å². The average molecular weight is 251 g/mol. The average Bonchev–Trinajstić information content (AvgIpc) is 2.83. The maximum Gasteiger partial charge on any atom is 0.365 e. The summed E-state index contributed by atoms with van der Waals surface area (Å²) in [6.45, 7) is 0. The predicted molar refractivity (Wildman–Crippen MR) is 58.0 cm³/mol. The molecule has 0 radical (unpaired) electrons. The third-order valence-corrected chi connectivity index (χ3v) is 2.31. The molecule has 0 aliphatic rings. The molecule has 0 spiro atoms. The van der Waals surface area contributed by atoms with Gasteiger partial charge in [0.25, 0.3) is 5.69 Å². The van der Waals surface area contributed by atoms with E-state index in [0.29, 0.717) is 0 Å². The lowest BCUT2D eigenvalue weighted by Gasteiger charge is -2.00. The molecule has 2 aromatic rings. The van der Waals surface area contributed by atoms with Crippen molar-refractivity contribution in [2.45, 2.75) is 0 Å². The number of hydrogen-bond acceptors (Lipinski definition) is 7. The molecular formula is C9H5N3O4S. The summed E-state index contributed by atoms with van der Waals surface area (Å²) < 4.78 is 12.3. The van der Waals surface area contributed by atoms with Crippen LogP contribution in [0.4, 0.5) is 5.69 Å². The van der Waals surface area contributed by atoms with Crippen molar-refractivity contribution < 1.29 is 14.5 Å². The topological polar surface area (TPSA) is 95.2 Å². The van der Waals surface area contributed by atoms with Gasteiger partial charge in [0.15, 0.2) is 5.69 Å². The highest BCUT2D eigenvalue weighted by atomic mass is 32.1. The minimum atomic E-state index is -0.646. The molecule has 86 valence electrons. The van der Waals surface area contributed by atoms with Gasteiger partial charge in [0.2, 0.25) is 0 Å². The second-order valence-corrected chi connectivity index (χ2v) is 3.49. The van der Waals surface area contributed by atoms with E-state index in [1.54, 1.807) is 0 Å². The van der Waals surface area contributed by atoms with Gasteiger partial charge >= 0.3 is 5.97 Å². The number of non-ortho nitro benzene ring substituents is 1. The van der Waals surface area contributed by atoms with Crippen molar-refractivity contribution in [1.82, 2.24) is 8.75 Å². The molecule has 0 unspecified atom stereocenters. The summed E-state index contributed by atoms with van der Waals surface area (Å²) in [7, 11) is 0. The van der Waals surface area contributed by atoms with Crippen molar-refractivity contribution >= 4 is 23.4 Å². The number of nitrogens with zero attached hydrogens (tertiary/aromatic N) is 3. The highest BCUT2D eigenvalue weighted by molar-refractivity contribution is 6.99. The molecule has 0 bridgehead atoms. The van der Waals surface area contributed by atoms with E-state index < -0.39 is 10.9 Å². The SMILES string of the molecule is O=C(Oc1ccc([N+](=O)[O-])cc1)c1cnsn1. The Morgan fingerprint density at radius 1 is 1.35 bits per heavy atom. The van der Waals surface area contributed by atoms with Crippen molar-refractivity contribution in [3.8, 4) is 5.75 Å². The normalized spacial score (nSPS) is 9.88.